The summed E-state index contributed by atoms with van der Waals surface area (Å²) >= 11 is 5.80. The van der Waals surface area contributed by atoms with Gasteiger partial charge in [-0.25, -0.2) is 4.79 Å². The Balaban J connectivity index is 1.91. The number of benzene rings is 2. The molecule has 0 bridgehead atoms. The zero-order valence-corrected chi connectivity index (χ0v) is 12.4. The second-order valence-corrected chi connectivity index (χ2v) is 4.69. The number of para-hydroxylation sites is 2. The maximum Gasteiger partial charge on any atom is 0.413 e. The van der Waals surface area contributed by atoms with Crippen molar-refractivity contribution in [2.24, 2.45) is 0 Å². The Morgan fingerprint density at radius 3 is 2.43 bits per heavy atom. The van der Waals surface area contributed by atoms with Crippen LogP contribution in [0.1, 0.15) is 12.5 Å². The van der Waals surface area contributed by atoms with E-state index in [1.54, 1.807) is 30.3 Å². The number of hydrogen-bond acceptors (Lipinski definition) is 3. The molecule has 2 aromatic carbocycles. The lowest BCUT2D eigenvalue weighted by Gasteiger charge is -2.11. The normalized spacial score (nSPS) is 10.0. The van der Waals surface area contributed by atoms with Crippen LogP contribution in [-0.2, 0) is 6.54 Å². The third-order valence-corrected chi connectivity index (χ3v) is 2.95. The van der Waals surface area contributed by atoms with Gasteiger partial charge in [-0.1, -0.05) is 35.9 Å². The minimum Gasteiger partial charge on any atom is -0.490 e. The van der Waals surface area contributed by atoms with Gasteiger partial charge in [0.25, 0.3) is 0 Å². The molecule has 0 saturated heterocycles. The summed E-state index contributed by atoms with van der Waals surface area (Å²) in [6, 6.07) is 14.3. The molecule has 5 heteroatoms. The lowest BCUT2D eigenvalue weighted by atomic mass is 10.2. The van der Waals surface area contributed by atoms with Crippen LogP contribution in [0.2, 0.25) is 5.02 Å². The Bertz CT molecular complexity index is 599. The average Bonchev–Trinajstić information content (AvgIpc) is 2.49. The first kappa shape index (κ1) is 15.2. The van der Waals surface area contributed by atoms with Gasteiger partial charge < -0.3 is 14.8 Å². The highest BCUT2D eigenvalue weighted by Crippen LogP contribution is 2.26. The Kier molecular flexibility index (Phi) is 5.46. The summed E-state index contributed by atoms with van der Waals surface area (Å²) in [5.41, 5.74) is 0.939. The van der Waals surface area contributed by atoms with E-state index in [0.717, 1.165) is 5.56 Å². The van der Waals surface area contributed by atoms with Crippen molar-refractivity contribution in [3.8, 4) is 11.5 Å². The van der Waals surface area contributed by atoms with Gasteiger partial charge in [-0.05, 0) is 36.8 Å². The lowest BCUT2D eigenvalue weighted by molar-refractivity contribution is 0.197. The van der Waals surface area contributed by atoms with Crippen LogP contribution >= 0.6 is 11.6 Å². The van der Waals surface area contributed by atoms with Gasteiger partial charge in [0.2, 0.25) is 0 Å². The van der Waals surface area contributed by atoms with Crippen LogP contribution < -0.4 is 14.8 Å². The van der Waals surface area contributed by atoms with Gasteiger partial charge in [-0.15, -0.1) is 0 Å². The monoisotopic (exact) mass is 305 g/mol. The summed E-state index contributed by atoms with van der Waals surface area (Å²) in [6.07, 6.45) is -0.530. The number of carbonyl (C=O) groups is 1. The molecule has 0 aliphatic carbocycles. The quantitative estimate of drug-likeness (QED) is 0.907. The lowest BCUT2D eigenvalue weighted by Crippen LogP contribution is -2.26. The molecular weight excluding hydrogens is 290 g/mol. The fourth-order valence-electron chi connectivity index (χ4n) is 1.72. The number of hydrogen-bond donors (Lipinski definition) is 1. The minimum absolute atomic E-state index is 0.368. The number of rotatable bonds is 5. The highest BCUT2D eigenvalue weighted by atomic mass is 35.5. The predicted molar refractivity (Wildman–Crippen MR) is 81.9 cm³/mol. The largest absolute Gasteiger partial charge is 0.490 e. The van der Waals surface area contributed by atoms with Crippen molar-refractivity contribution >= 4 is 17.7 Å². The van der Waals surface area contributed by atoms with Crippen molar-refractivity contribution in [3.63, 3.8) is 0 Å². The SMILES string of the molecule is CCOc1ccccc1OC(=O)NCc1ccc(Cl)cc1. The van der Waals surface area contributed by atoms with Gasteiger partial charge in [0.05, 0.1) is 6.61 Å². The fourth-order valence-corrected chi connectivity index (χ4v) is 1.85. The standard InChI is InChI=1S/C16H16ClNO3/c1-2-20-14-5-3-4-6-15(14)21-16(19)18-11-12-7-9-13(17)10-8-12/h3-10H,2,11H2,1H3,(H,18,19). The van der Waals surface area contributed by atoms with Crippen LogP contribution in [0.3, 0.4) is 0 Å². The molecular formula is C16H16ClNO3. The molecule has 0 atom stereocenters. The van der Waals surface area contributed by atoms with Crippen LogP contribution in [0.25, 0.3) is 0 Å². The summed E-state index contributed by atoms with van der Waals surface area (Å²) in [7, 11) is 0. The zero-order chi connectivity index (χ0) is 15.1. The molecule has 2 rings (SSSR count). The Morgan fingerprint density at radius 1 is 1.10 bits per heavy atom. The molecule has 0 fully saturated rings. The van der Waals surface area contributed by atoms with E-state index in [9.17, 15) is 4.79 Å². The van der Waals surface area contributed by atoms with Gasteiger partial charge >= 0.3 is 6.09 Å². The van der Waals surface area contributed by atoms with Gasteiger partial charge in [-0.2, -0.15) is 0 Å². The maximum absolute atomic E-state index is 11.8. The zero-order valence-electron chi connectivity index (χ0n) is 11.6. The van der Waals surface area contributed by atoms with Crippen LogP contribution in [0.5, 0.6) is 11.5 Å². The van der Waals surface area contributed by atoms with Crippen molar-refractivity contribution in [1.29, 1.82) is 0 Å². The predicted octanol–water partition coefficient (Wildman–Crippen LogP) is 4.03. The highest BCUT2D eigenvalue weighted by molar-refractivity contribution is 6.30. The average molecular weight is 306 g/mol. The van der Waals surface area contributed by atoms with Gasteiger partial charge in [0.15, 0.2) is 11.5 Å². The number of halogens is 1. The van der Waals surface area contributed by atoms with Crippen molar-refractivity contribution in [3.05, 3.63) is 59.1 Å². The van der Waals surface area contributed by atoms with Crippen LogP contribution in [-0.4, -0.2) is 12.7 Å². The molecule has 0 aromatic heterocycles. The molecule has 0 aliphatic heterocycles. The first-order chi connectivity index (χ1) is 10.2. The molecule has 4 nitrogen and oxygen atoms in total. The minimum atomic E-state index is -0.530. The van der Waals surface area contributed by atoms with E-state index in [0.29, 0.717) is 29.7 Å². The highest BCUT2D eigenvalue weighted by Gasteiger charge is 2.09. The van der Waals surface area contributed by atoms with E-state index in [4.69, 9.17) is 21.1 Å². The van der Waals surface area contributed by atoms with Crippen LogP contribution in [0.15, 0.2) is 48.5 Å². The van der Waals surface area contributed by atoms with Crippen molar-refractivity contribution in [2.45, 2.75) is 13.5 Å². The third kappa shape index (κ3) is 4.68. The van der Waals surface area contributed by atoms with E-state index >= 15 is 0 Å². The van der Waals surface area contributed by atoms with E-state index in [1.165, 1.54) is 0 Å². The second-order valence-electron chi connectivity index (χ2n) is 4.25. The van der Waals surface area contributed by atoms with Crippen molar-refractivity contribution in [2.75, 3.05) is 6.61 Å². The number of ether oxygens (including phenoxy) is 2. The first-order valence-corrected chi connectivity index (χ1v) is 6.99. The molecule has 1 amide bonds. The summed E-state index contributed by atoms with van der Waals surface area (Å²) in [5, 5.41) is 3.34. The molecule has 0 spiro atoms. The molecule has 0 saturated carbocycles. The molecule has 110 valence electrons. The van der Waals surface area contributed by atoms with Crippen LogP contribution in [0, 0.1) is 0 Å². The third-order valence-electron chi connectivity index (χ3n) is 2.70. The smallest absolute Gasteiger partial charge is 0.413 e. The second kappa shape index (κ2) is 7.55. The molecule has 1 N–H and O–H groups in total. The molecule has 0 radical (unpaired) electrons. The summed E-state index contributed by atoms with van der Waals surface area (Å²) in [4.78, 5) is 11.8. The number of amides is 1. The van der Waals surface area contributed by atoms with E-state index in [2.05, 4.69) is 5.32 Å². The topological polar surface area (TPSA) is 47.6 Å². The van der Waals surface area contributed by atoms with Crippen molar-refractivity contribution in [1.82, 2.24) is 5.32 Å². The Labute approximate surface area is 128 Å². The van der Waals surface area contributed by atoms with E-state index in [-0.39, 0.29) is 0 Å². The van der Waals surface area contributed by atoms with Crippen molar-refractivity contribution < 1.29 is 14.3 Å². The first-order valence-electron chi connectivity index (χ1n) is 6.61. The van der Waals surface area contributed by atoms with Gasteiger partial charge in [-0.3, -0.25) is 0 Å². The molecule has 0 heterocycles. The van der Waals surface area contributed by atoms with E-state index < -0.39 is 6.09 Å². The maximum atomic E-state index is 11.8. The molecule has 0 aliphatic rings. The molecule has 2 aromatic rings. The summed E-state index contributed by atoms with van der Waals surface area (Å²) in [6.45, 7) is 2.75. The van der Waals surface area contributed by atoms with Gasteiger partial charge in [0, 0.05) is 11.6 Å². The molecule has 21 heavy (non-hydrogen) atoms. The molecule has 0 unspecified atom stereocenters. The fraction of sp³-hybridized carbons (Fsp3) is 0.188. The van der Waals surface area contributed by atoms with Gasteiger partial charge in [0.1, 0.15) is 0 Å². The Morgan fingerprint density at radius 2 is 1.76 bits per heavy atom. The summed E-state index contributed by atoms with van der Waals surface area (Å²) in [5.74, 6) is 0.939. The van der Waals surface area contributed by atoms with Crippen LogP contribution in [0.4, 0.5) is 4.79 Å². The number of nitrogens with one attached hydrogen (secondary N) is 1. The van der Waals surface area contributed by atoms with E-state index in [1.807, 2.05) is 25.1 Å². The Hall–Kier alpha value is -2.20. The summed E-state index contributed by atoms with van der Waals surface area (Å²) < 4.78 is 10.6. The number of carbonyl (C=O) groups excluding carboxylic acids is 1.